The number of nitrogens with zero attached hydrogens (tertiary/aromatic N) is 2. The third-order valence-electron chi connectivity index (χ3n) is 4.62. The van der Waals surface area contributed by atoms with Crippen LogP contribution in [-0.2, 0) is 10.1 Å². The van der Waals surface area contributed by atoms with Crippen molar-refractivity contribution in [3.05, 3.63) is 78.6 Å². The van der Waals surface area contributed by atoms with Crippen LogP contribution in [0.4, 0.5) is 5.69 Å². The van der Waals surface area contributed by atoms with Gasteiger partial charge in [0, 0.05) is 47.9 Å². The van der Waals surface area contributed by atoms with Crippen molar-refractivity contribution >= 4 is 27.6 Å². The Bertz CT molecular complexity index is 1010. The van der Waals surface area contributed by atoms with Gasteiger partial charge in [-0.05, 0) is 51.3 Å². The molecule has 30 heavy (non-hydrogen) atoms. The molecule has 0 spiro atoms. The Labute approximate surface area is 184 Å². The lowest BCUT2D eigenvalue weighted by atomic mass is 10.2. The highest BCUT2D eigenvalue weighted by atomic mass is 32.2. The van der Waals surface area contributed by atoms with Crippen LogP contribution in [0.15, 0.2) is 82.8 Å². The van der Waals surface area contributed by atoms with Crippen LogP contribution in [0.1, 0.15) is 19.4 Å². The number of aryl methyl sites for hydroxylation is 1. The molecule has 0 saturated heterocycles. The average Bonchev–Trinajstić information content (AvgIpc) is 2.75. The standard InChI is InChI=1S/C16H21N2S.C7H8O3S/c1-4-17(5-2)14-6-8-15(9-7-14)18-12-10-16(19-3)11-13-18;1-6-2-4-7(5-3-6)11(8,9)10/h6-13H,4-5H2,1-3H3;2-5H,1H3,(H,8,9,10)/q+1;/p-1. The van der Waals surface area contributed by atoms with Gasteiger partial charge in [-0.1, -0.05) is 17.7 Å². The zero-order valence-corrected chi connectivity index (χ0v) is 19.4. The maximum absolute atomic E-state index is 10.4. The fourth-order valence-electron chi connectivity index (χ4n) is 2.85. The quantitative estimate of drug-likeness (QED) is 0.320. The van der Waals surface area contributed by atoms with Crippen molar-refractivity contribution in [2.24, 2.45) is 0 Å². The van der Waals surface area contributed by atoms with Gasteiger partial charge in [-0.25, -0.2) is 8.42 Å². The fraction of sp³-hybridized carbons (Fsp3) is 0.261. The summed E-state index contributed by atoms with van der Waals surface area (Å²) < 4.78 is 33.3. The summed E-state index contributed by atoms with van der Waals surface area (Å²) in [4.78, 5) is 3.46. The van der Waals surface area contributed by atoms with E-state index in [9.17, 15) is 13.0 Å². The highest BCUT2D eigenvalue weighted by molar-refractivity contribution is 7.98. The van der Waals surface area contributed by atoms with E-state index in [1.165, 1.54) is 28.4 Å². The Kier molecular flexibility index (Phi) is 8.89. The smallest absolute Gasteiger partial charge is 0.210 e. The van der Waals surface area contributed by atoms with E-state index in [4.69, 9.17) is 0 Å². The van der Waals surface area contributed by atoms with Crippen molar-refractivity contribution in [2.45, 2.75) is 30.6 Å². The molecule has 0 radical (unpaired) electrons. The van der Waals surface area contributed by atoms with E-state index < -0.39 is 10.1 Å². The summed E-state index contributed by atoms with van der Waals surface area (Å²) in [7, 11) is -4.27. The fourth-order valence-corrected chi connectivity index (χ4v) is 3.71. The largest absolute Gasteiger partial charge is 0.744 e. The molecule has 160 valence electrons. The molecule has 0 aliphatic carbocycles. The summed E-state index contributed by atoms with van der Waals surface area (Å²) in [5.41, 5.74) is 3.41. The molecule has 0 aliphatic heterocycles. The van der Waals surface area contributed by atoms with Crippen LogP contribution in [0.2, 0.25) is 0 Å². The summed E-state index contributed by atoms with van der Waals surface area (Å²) in [6.45, 7) is 8.29. The molecule has 5 nitrogen and oxygen atoms in total. The minimum atomic E-state index is -4.27. The third kappa shape index (κ3) is 6.86. The average molecular weight is 445 g/mol. The predicted octanol–water partition coefficient (Wildman–Crippen LogP) is 4.43. The van der Waals surface area contributed by atoms with Crippen LogP contribution in [0, 0.1) is 6.92 Å². The Morgan fingerprint density at radius 2 is 1.43 bits per heavy atom. The van der Waals surface area contributed by atoms with Gasteiger partial charge in [0.25, 0.3) is 0 Å². The highest BCUT2D eigenvalue weighted by Crippen LogP contribution is 2.16. The molecule has 0 atom stereocenters. The first-order valence-electron chi connectivity index (χ1n) is 9.71. The van der Waals surface area contributed by atoms with Crippen molar-refractivity contribution in [1.29, 1.82) is 0 Å². The first-order valence-corrected chi connectivity index (χ1v) is 12.3. The molecular formula is C23H28N2O3S2. The molecule has 1 aromatic heterocycles. The van der Waals surface area contributed by atoms with E-state index in [1.807, 2.05) is 6.92 Å². The highest BCUT2D eigenvalue weighted by Gasteiger charge is 2.07. The van der Waals surface area contributed by atoms with E-state index in [-0.39, 0.29) is 4.90 Å². The van der Waals surface area contributed by atoms with Gasteiger partial charge in [-0.3, -0.25) is 0 Å². The van der Waals surface area contributed by atoms with E-state index >= 15 is 0 Å². The first kappa shape index (κ1) is 23.9. The van der Waals surface area contributed by atoms with Crippen molar-refractivity contribution in [2.75, 3.05) is 24.2 Å². The number of benzene rings is 2. The summed E-state index contributed by atoms with van der Waals surface area (Å²) in [6.07, 6.45) is 6.31. The summed E-state index contributed by atoms with van der Waals surface area (Å²) >= 11 is 1.77. The summed E-state index contributed by atoms with van der Waals surface area (Å²) in [5, 5.41) is 0. The Hall–Kier alpha value is -2.35. The van der Waals surface area contributed by atoms with Gasteiger partial charge in [0.1, 0.15) is 10.1 Å². The number of aromatic nitrogens is 1. The molecule has 2 aromatic carbocycles. The van der Waals surface area contributed by atoms with E-state index in [0.29, 0.717) is 0 Å². The second-order valence-corrected chi connectivity index (χ2v) is 8.86. The molecule has 0 bridgehead atoms. The first-order chi connectivity index (χ1) is 14.3. The molecular weight excluding hydrogens is 416 g/mol. The zero-order chi connectivity index (χ0) is 22.1. The van der Waals surface area contributed by atoms with Gasteiger partial charge in [0.15, 0.2) is 12.4 Å². The third-order valence-corrected chi connectivity index (χ3v) is 6.21. The molecule has 0 N–H and O–H groups in total. The lowest BCUT2D eigenvalue weighted by Gasteiger charge is -2.20. The van der Waals surface area contributed by atoms with Crippen molar-refractivity contribution in [3.8, 4) is 5.69 Å². The summed E-state index contributed by atoms with van der Waals surface area (Å²) in [5.74, 6) is 0. The van der Waals surface area contributed by atoms with Crippen molar-refractivity contribution in [3.63, 3.8) is 0 Å². The topological polar surface area (TPSA) is 64.3 Å². The van der Waals surface area contributed by atoms with E-state index in [2.05, 4.69) is 78.4 Å². The second-order valence-electron chi connectivity index (χ2n) is 6.60. The Balaban J connectivity index is 0.000000248. The van der Waals surface area contributed by atoms with Crippen molar-refractivity contribution in [1.82, 2.24) is 0 Å². The van der Waals surface area contributed by atoms with Crippen LogP contribution in [-0.4, -0.2) is 32.3 Å². The molecule has 1 heterocycles. The van der Waals surface area contributed by atoms with E-state index in [0.717, 1.165) is 18.7 Å². The Morgan fingerprint density at radius 1 is 0.900 bits per heavy atom. The molecule has 0 amide bonds. The molecule has 0 unspecified atom stereocenters. The number of hydrogen-bond acceptors (Lipinski definition) is 5. The second kappa shape index (κ2) is 11.2. The minimum Gasteiger partial charge on any atom is -0.744 e. The van der Waals surface area contributed by atoms with Crippen molar-refractivity contribution < 1.29 is 17.5 Å². The minimum absolute atomic E-state index is 0.178. The van der Waals surface area contributed by atoms with Gasteiger partial charge < -0.3 is 9.45 Å². The molecule has 7 heteroatoms. The SMILES string of the molecule is CCN(CC)c1ccc(-[n+]2ccc(SC)cc2)cc1.Cc1ccc(S(=O)(=O)[O-])cc1. The van der Waals surface area contributed by atoms with Gasteiger partial charge in [-0.2, -0.15) is 4.57 Å². The van der Waals surface area contributed by atoms with Crippen LogP contribution in [0.5, 0.6) is 0 Å². The molecule has 3 aromatic rings. The zero-order valence-electron chi connectivity index (χ0n) is 17.8. The van der Waals surface area contributed by atoms with Crippen LogP contribution < -0.4 is 9.47 Å². The number of thioether (sulfide) groups is 1. The molecule has 0 aliphatic rings. The number of rotatable bonds is 6. The molecule has 0 saturated carbocycles. The lowest BCUT2D eigenvalue weighted by molar-refractivity contribution is -0.596. The maximum atomic E-state index is 10.4. The molecule has 3 rings (SSSR count). The number of hydrogen-bond donors (Lipinski definition) is 0. The van der Waals surface area contributed by atoms with Crippen LogP contribution >= 0.6 is 11.8 Å². The van der Waals surface area contributed by atoms with E-state index in [1.54, 1.807) is 23.9 Å². The monoisotopic (exact) mass is 444 g/mol. The molecule has 0 fully saturated rings. The van der Waals surface area contributed by atoms with Gasteiger partial charge in [0.2, 0.25) is 5.69 Å². The van der Waals surface area contributed by atoms with Gasteiger partial charge >= 0.3 is 0 Å². The normalized spacial score (nSPS) is 10.8. The Morgan fingerprint density at radius 3 is 1.87 bits per heavy atom. The predicted molar refractivity (Wildman–Crippen MR) is 122 cm³/mol. The summed E-state index contributed by atoms with van der Waals surface area (Å²) in [6, 6.07) is 18.8. The maximum Gasteiger partial charge on any atom is 0.210 e. The van der Waals surface area contributed by atoms with Crippen LogP contribution in [0.3, 0.4) is 0 Å². The number of anilines is 1. The van der Waals surface area contributed by atoms with Gasteiger partial charge in [0.05, 0.1) is 4.90 Å². The van der Waals surface area contributed by atoms with Crippen LogP contribution in [0.25, 0.3) is 5.69 Å². The lowest BCUT2D eigenvalue weighted by Crippen LogP contribution is -2.29. The number of pyridine rings is 1. The van der Waals surface area contributed by atoms with Gasteiger partial charge in [-0.15, -0.1) is 11.8 Å².